The zero-order chi connectivity index (χ0) is 19.4. The first-order valence-corrected chi connectivity index (χ1v) is 11.0. The largest absolute Gasteiger partial charge is 0.461 e. The van der Waals surface area contributed by atoms with Crippen LogP contribution in [0.3, 0.4) is 0 Å². The number of likely N-dealkylation sites (tertiary alicyclic amines) is 1. The summed E-state index contributed by atoms with van der Waals surface area (Å²) in [7, 11) is 0. The molecule has 1 aromatic carbocycles. The summed E-state index contributed by atoms with van der Waals surface area (Å²) in [4.78, 5) is 39.9. The van der Waals surface area contributed by atoms with E-state index in [1.807, 2.05) is 4.90 Å². The summed E-state index contributed by atoms with van der Waals surface area (Å²) in [6.07, 6.45) is 4.01. The van der Waals surface area contributed by atoms with Crippen molar-refractivity contribution in [3.05, 3.63) is 29.8 Å². The van der Waals surface area contributed by atoms with Gasteiger partial charge >= 0.3 is 5.97 Å². The van der Waals surface area contributed by atoms with Crippen molar-refractivity contribution in [2.24, 2.45) is 23.7 Å². The van der Waals surface area contributed by atoms with Crippen LogP contribution >= 0.6 is 15.9 Å². The maximum absolute atomic E-state index is 13.0. The van der Waals surface area contributed by atoms with Crippen LogP contribution in [0.25, 0.3) is 0 Å². The number of carbonyl (C=O) groups is 3. The average Bonchev–Trinajstić information content (AvgIpc) is 3.32. The molecule has 0 radical (unpaired) electrons. The number of amides is 2. The SMILES string of the molecule is O=C(Nc1cccc(C(=O)N2CCCCC2)c1)[C@@H]1[C@H]2C[C@H]3[C@H](OC(=O)[C@H]31)[C@@H]2Br. The number of anilines is 1. The lowest BCUT2D eigenvalue weighted by Crippen LogP contribution is -2.40. The van der Waals surface area contributed by atoms with Gasteiger partial charge in [-0.05, 0) is 49.8 Å². The molecule has 2 saturated heterocycles. The highest BCUT2D eigenvalue weighted by molar-refractivity contribution is 9.09. The predicted molar refractivity (Wildman–Crippen MR) is 106 cm³/mol. The van der Waals surface area contributed by atoms with Crippen molar-refractivity contribution in [1.29, 1.82) is 0 Å². The molecule has 6 atom stereocenters. The number of alkyl halides is 1. The Hall–Kier alpha value is -1.89. The molecule has 6 nitrogen and oxygen atoms in total. The molecule has 0 aromatic heterocycles. The molecule has 2 aliphatic heterocycles. The van der Waals surface area contributed by atoms with E-state index in [0.29, 0.717) is 11.3 Å². The molecule has 0 unspecified atom stereocenters. The lowest BCUT2D eigenvalue weighted by molar-refractivity contribution is -0.145. The standard InChI is InChI=1S/C21H23BrN2O4/c22-17-13-10-14-16(21(27)28-18(14)17)15(13)19(25)23-12-6-4-5-11(9-12)20(26)24-7-2-1-3-8-24/h4-6,9,13-18H,1-3,7-8,10H2,(H,23,25)/t13-,14-,15-,16-,17-,18+/m1/s1. The van der Waals surface area contributed by atoms with Gasteiger partial charge in [0.05, 0.1) is 16.7 Å². The van der Waals surface area contributed by atoms with Gasteiger partial charge in [-0.2, -0.15) is 0 Å². The van der Waals surface area contributed by atoms with Crippen LogP contribution in [0, 0.1) is 23.7 Å². The van der Waals surface area contributed by atoms with Gasteiger partial charge in [-0.1, -0.05) is 22.0 Å². The number of nitrogens with zero attached hydrogens (tertiary/aromatic N) is 1. The normalized spacial score (nSPS) is 35.8. The molecule has 2 bridgehead atoms. The molecular formula is C21H23BrN2O4. The third-order valence-corrected chi connectivity index (χ3v) is 8.05. The molecule has 5 rings (SSSR count). The molecule has 2 aliphatic carbocycles. The molecule has 4 aliphatic rings. The van der Waals surface area contributed by atoms with Crippen molar-refractivity contribution in [3.8, 4) is 0 Å². The minimum absolute atomic E-state index is 0.0125. The first-order chi connectivity index (χ1) is 13.5. The van der Waals surface area contributed by atoms with Gasteiger partial charge in [0.25, 0.3) is 5.91 Å². The number of hydrogen-bond donors (Lipinski definition) is 1. The fourth-order valence-corrected chi connectivity index (χ4v) is 6.61. The molecule has 1 aromatic rings. The molecule has 7 heteroatoms. The van der Waals surface area contributed by atoms with E-state index in [1.165, 1.54) is 6.42 Å². The van der Waals surface area contributed by atoms with Gasteiger partial charge in [-0.15, -0.1) is 0 Å². The number of nitrogens with one attached hydrogen (secondary N) is 1. The van der Waals surface area contributed by atoms with Gasteiger partial charge in [0.2, 0.25) is 5.91 Å². The Morgan fingerprint density at radius 1 is 1.14 bits per heavy atom. The lowest BCUT2D eigenvalue weighted by Gasteiger charge is -2.28. The van der Waals surface area contributed by atoms with Gasteiger partial charge in [-0.3, -0.25) is 14.4 Å². The molecule has 1 N–H and O–H groups in total. The highest BCUT2D eigenvalue weighted by atomic mass is 79.9. The highest BCUT2D eigenvalue weighted by Gasteiger charge is 2.67. The minimum atomic E-state index is -0.373. The van der Waals surface area contributed by atoms with Gasteiger partial charge in [0, 0.05) is 30.3 Å². The van der Waals surface area contributed by atoms with Crippen LogP contribution in [0.1, 0.15) is 36.0 Å². The van der Waals surface area contributed by atoms with Crippen LogP contribution < -0.4 is 5.32 Å². The highest BCUT2D eigenvalue weighted by Crippen LogP contribution is 2.60. The van der Waals surface area contributed by atoms with E-state index in [2.05, 4.69) is 21.2 Å². The third kappa shape index (κ3) is 2.78. The summed E-state index contributed by atoms with van der Waals surface area (Å²) in [5.41, 5.74) is 1.19. The summed E-state index contributed by atoms with van der Waals surface area (Å²) in [5.74, 6) is -0.827. The average molecular weight is 447 g/mol. The minimum Gasteiger partial charge on any atom is -0.461 e. The zero-order valence-electron chi connectivity index (χ0n) is 15.5. The first-order valence-electron chi connectivity index (χ1n) is 10.1. The second kappa shape index (κ2) is 6.87. The predicted octanol–water partition coefficient (Wildman–Crippen LogP) is 2.82. The van der Waals surface area contributed by atoms with E-state index >= 15 is 0 Å². The Morgan fingerprint density at radius 2 is 1.93 bits per heavy atom. The molecular weight excluding hydrogens is 424 g/mol. The molecule has 28 heavy (non-hydrogen) atoms. The Morgan fingerprint density at radius 3 is 2.71 bits per heavy atom. The first kappa shape index (κ1) is 18.2. The van der Waals surface area contributed by atoms with Crippen LogP contribution in [0.4, 0.5) is 5.69 Å². The summed E-state index contributed by atoms with van der Waals surface area (Å²) in [6, 6.07) is 7.11. The molecule has 4 fully saturated rings. The van der Waals surface area contributed by atoms with E-state index in [9.17, 15) is 14.4 Å². The zero-order valence-corrected chi connectivity index (χ0v) is 17.1. The monoisotopic (exact) mass is 446 g/mol. The topological polar surface area (TPSA) is 75.7 Å². The van der Waals surface area contributed by atoms with Crippen molar-refractivity contribution >= 4 is 39.4 Å². The number of hydrogen-bond acceptors (Lipinski definition) is 4. The second-order valence-corrected chi connectivity index (χ2v) is 9.44. The van der Waals surface area contributed by atoms with E-state index in [0.717, 1.165) is 32.4 Å². The molecule has 2 heterocycles. The summed E-state index contributed by atoms with van der Waals surface area (Å²) in [6.45, 7) is 1.58. The Kier molecular flexibility index (Phi) is 4.45. The smallest absolute Gasteiger partial charge is 0.310 e. The Balaban J connectivity index is 1.32. The number of rotatable bonds is 3. The number of halogens is 1. The van der Waals surface area contributed by atoms with Crippen LogP contribution in [-0.2, 0) is 14.3 Å². The Bertz CT molecular complexity index is 837. The van der Waals surface area contributed by atoms with Crippen LogP contribution in [0.2, 0.25) is 0 Å². The van der Waals surface area contributed by atoms with E-state index in [4.69, 9.17) is 4.74 Å². The van der Waals surface area contributed by atoms with Crippen LogP contribution in [0.5, 0.6) is 0 Å². The second-order valence-electron chi connectivity index (χ2n) is 8.38. The van der Waals surface area contributed by atoms with Crippen molar-refractivity contribution < 1.29 is 19.1 Å². The van der Waals surface area contributed by atoms with Gasteiger partial charge < -0.3 is 15.0 Å². The molecule has 2 saturated carbocycles. The molecule has 0 spiro atoms. The van der Waals surface area contributed by atoms with Crippen LogP contribution in [0.15, 0.2) is 24.3 Å². The van der Waals surface area contributed by atoms with E-state index in [1.54, 1.807) is 24.3 Å². The number of fused-ring (bicyclic) bond motifs is 1. The Labute approximate surface area is 172 Å². The van der Waals surface area contributed by atoms with Gasteiger partial charge in [-0.25, -0.2) is 0 Å². The molecule has 148 valence electrons. The number of piperidine rings is 1. The number of carbonyl (C=O) groups excluding carboxylic acids is 3. The fraction of sp³-hybridized carbons (Fsp3) is 0.571. The number of esters is 1. The van der Waals surface area contributed by atoms with Crippen LogP contribution in [-0.4, -0.2) is 46.7 Å². The summed E-state index contributed by atoms with van der Waals surface area (Å²) in [5, 5.41) is 2.95. The van der Waals surface area contributed by atoms with Gasteiger partial charge in [0.15, 0.2) is 0 Å². The van der Waals surface area contributed by atoms with Crippen molar-refractivity contribution in [2.45, 2.75) is 36.6 Å². The fourth-order valence-electron chi connectivity index (χ4n) is 5.57. The maximum atomic E-state index is 13.0. The lowest BCUT2D eigenvalue weighted by atomic mass is 9.79. The van der Waals surface area contributed by atoms with Gasteiger partial charge in [0.1, 0.15) is 6.10 Å². The van der Waals surface area contributed by atoms with E-state index < -0.39 is 0 Å². The third-order valence-electron chi connectivity index (χ3n) is 6.85. The maximum Gasteiger partial charge on any atom is 0.310 e. The summed E-state index contributed by atoms with van der Waals surface area (Å²) >= 11 is 3.64. The number of benzene rings is 1. The quantitative estimate of drug-likeness (QED) is 0.571. The van der Waals surface area contributed by atoms with Crippen molar-refractivity contribution in [3.63, 3.8) is 0 Å². The summed E-state index contributed by atoms with van der Waals surface area (Å²) < 4.78 is 5.48. The van der Waals surface area contributed by atoms with Crippen molar-refractivity contribution in [2.75, 3.05) is 18.4 Å². The molecule has 2 amide bonds. The van der Waals surface area contributed by atoms with E-state index in [-0.39, 0.29) is 52.4 Å². The van der Waals surface area contributed by atoms with Crippen molar-refractivity contribution in [1.82, 2.24) is 4.90 Å². The number of ether oxygens (including phenoxy) is 1.